The molecule has 84 valence electrons. The third-order valence-electron chi connectivity index (χ3n) is 3.35. The highest BCUT2D eigenvalue weighted by molar-refractivity contribution is 5.05. The lowest BCUT2D eigenvalue weighted by Crippen LogP contribution is -2.33. The zero-order valence-corrected chi connectivity index (χ0v) is 9.63. The lowest BCUT2D eigenvalue weighted by Gasteiger charge is -2.26. The van der Waals surface area contributed by atoms with Crippen LogP contribution in [-0.4, -0.2) is 23.0 Å². The smallest absolute Gasteiger partial charge is 0.0672 e. The highest BCUT2D eigenvalue weighted by Crippen LogP contribution is 2.29. The summed E-state index contributed by atoms with van der Waals surface area (Å²) < 4.78 is 0. The molecule has 1 aliphatic carbocycles. The van der Waals surface area contributed by atoms with Gasteiger partial charge in [0, 0.05) is 18.8 Å². The van der Waals surface area contributed by atoms with E-state index in [0.717, 1.165) is 25.1 Å². The summed E-state index contributed by atoms with van der Waals surface area (Å²) in [4.78, 5) is 6.58. The fraction of sp³-hybridized carbons (Fsp3) is 0.538. The van der Waals surface area contributed by atoms with Crippen molar-refractivity contribution in [1.82, 2.24) is 9.88 Å². The molecule has 0 N–H and O–H groups in total. The molecule has 16 heavy (non-hydrogen) atoms. The fourth-order valence-electron chi connectivity index (χ4n) is 2.48. The maximum atomic E-state index is 9.06. The van der Waals surface area contributed by atoms with E-state index in [-0.39, 0.29) is 5.92 Å². The topological polar surface area (TPSA) is 39.9 Å². The van der Waals surface area contributed by atoms with E-state index < -0.39 is 0 Å². The minimum atomic E-state index is 0.203. The van der Waals surface area contributed by atoms with Crippen molar-refractivity contribution in [3.05, 3.63) is 30.1 Å². The van der Waals surface area contributed by atoms with Gasteiger partial charge in [-0.05, 0) is 32.0 Å². The second-order valence-electron chi connectivity index (χ2n) is 4.47. The monoisotopic (exact) mass is 215 g/mol. The summed E-state index contributed by atoms with van der Waals surface area (Å²) in [5.74, 6) is 0.203. The van der Waals surface area contributed by atoms with E-state index in [1.807, 2.05) is 24.4 Å². The Morgan fingerprint density at radius 1 is 1.50 bits per heavy atom. The summed E-state index contributed by atoms with van der Waals surface area (Å²) in [6, 6.07) is 8.80. The van der Waals surface area contributed by atoms with Crippen molar-refractivity contribution in [3.8, 4) is 6.07 Å². The molecule has 1 aliphatic rings. The van der Waals surface area contributed by atoms with Gasteiger partial charge in [-0.25, -0.2) is 0 Å². The van der Waals surface area contributed by atoms with Crippen molar-refractivity contribution in [2.75, 3.05) is 7.05 Å². The van der Waals surface area contributed by atoms with E-state index in [9.17, 15) is 0 Å². The van der Waals surface area contributed by atoms with Crippen molar-refractivity contribution < 1.29 is 0 Å². The van der Waals surface area contributed by atoms with Crippen molar-refractivity contribution in [2.24, 2.45) is 5.92 Å². The van der Waals surface area contributed by atoms with Crippen molar-refractivity contribution in [2.45, 2.75) is 31.8 Å². The first kappa shape index (κ1) is 11.1. The Morgan fingerprint density at radius 3 is 3.06 bits per heavy atom. The quantitative estimate of drug-likeness (QED) is 0.776. The van der Waals surface area contributed by atoms with Gasteiger partial charge in [0.15, 0.2) is 0 Å². The van der Waals surface area contributed by atoms with Crippen LogP contribution in [0.15, 0.2) is 24.4 Å². The van der Waals surface area contributed by atoms with Gasteiger partial charge < -0.3 is 0 Å². The fourth-order valence-corrected chi connectivity index (χ4v) is 2.48. The second kappa shape index (κ2) is 5.09. The zero-order chi connectivity index (χ0) is 11.4. The van der Waals surface area contributed by atoms with Crippen molar-refractivity contribution >= 4 is 0 Å². The van der Waals surface area contributed by atoms with Crippen LogP contribution in [0, 0.1) is 17.2 Å². The maximum Gasteiger partial charge on any atom is 0.0672 e. The van der Waals surface area contributed by atoms with Crippen molar-refractivity contribution in [1.29, 1.82) is 5.26 Å². The predicted octanol–water partition coefficient (Wildman–Crippen LogP) is 2.21. The number of hydrogen-bond acceptors (Lipinski definition) is 3. The Labute approximate surface area is 96.7 Å². The summed E-state index contributed by atoms with van der Waals surface area (Å²) in [6.45, 7) is 0.837. The predicted molar refractivity (Wildman–Crippen MR) is 62.4 cm³/mol. The molecule has 1 aromatic heterocycles. The largest absolute Gasteiger partial charge is 0.296 e. The molecule has 1 aromatic rings. The third kappa shape index (κ3) is 2.40. The summed E-state index contributed by atoms with van der Waals surface area (Å²) in [7, 11) is 2.09. The van der Waals surface area contributed by atoms with Gasteiger partial charge in [0.05, 0.1) is 17.7 Å². The number of hydrogen-bond donors (Lipinski definition) is 0. The Hall–Kier alpha value is -1.40. The molecule has 0 aromatic carbocycles. The molecule has 2 unspecified atom stereocenters. The van der Waals surface area contributed by atoms with E-state index in [1.54, 1.807) is 0 Å². The first-order chi connectivity index (χ1) is 7.81. The van der Waals surface area contributed by atoms with Gasteiger partial charge in [-0.15, -0.1) is 0 Å². The van der Waals surface area contributed by atoms with Gasteiger partial charge in [-0.2, -0.15) is 5.26 Å². The molecular weight excluding hydrogens is 198 g/mol. The molecule has 2 rings (SSSR count). The Bertz CT molecular complexity index is 369. The van der Waals surface area contributed by atoms with E-state index in [2.05, 4.69) is 23.0 Å². The van der Waals surface area contributed by atoms with E-state index in [1.165, 1.54) is 6.42 Å². The van der Waals surface area contributed by atoms with Crippen LogP contribution in [0.1, 0.15) is 25.0 Å². The Kier molecular flexibility index (Phi) is 3.53. The SMILES string of the molecule is CN(Cc1ccccn1)C1CCCC1C#N. The highest BCUT2D eigenvalue weighted by atomic mass is 15.1. The van der Waals surface area contributed by atoms with Crippen LogP contribution in [0.4, 0.5) is 0 Å². The minimum Gasteiger partial charge on any atom is -0.296 e. The lowest BCUT2D eigenvalue weighted by molar-refractivity contribution is 0.210. The number of nitriles is 1. The molecule has 0 radical (unpaired) electrons. The highest BCUT2D eigenvalue weighted by Gasteiger charge is 2.30. The van der Waals surface area contributed by atoms with Crippen LogP contribution in [0.25, 0.3) is 0 Å². The van der Waals surface area contributed by atoms with Crippen LogP contribution >= 0.6 is 0 Å². The summed E-state index contributed by atoms with van der Waals surface area (Å²) in [5.41, 5.74) is 1.08. The summed E-state index contributed by atoms with van der Waals surface area (Å²) >= 11 is 0. The summed E-state index contributed by atoms with van der Waals surface area (Å²) in [5, 5.41) is 9.06. The second-order valence-corrected chi connectivity index (χ2v) is 4.47. The number of rotatable bonds is 3. The van der Waals surface area contributed by atoms with Gasteiger partial charge >= 0.3 is 0 Å². The van der Waals surface area contributed by atoms with E-state index in [4.69, 9.17) is 5.26 Å². The molecule has 0 amide bonds. The summed E-state index contributed by atoms with van der Waals surface area (Å²) in [6.07, 6.45) is 5.18. The molecule has 1 heterocycles. The van der Waals surface area contributed by atoms with Crippen LogP contribution < -0.4 is 0 Å². The third-order valence-corrected chi connectivity index (χ3v) is 3.35. The van der Waals surface area contributed by atoms with Crippen LogP contribution in [0.5, 0.6) is 0 Å². The van der Waals surface area contributed by atoms with Crippen LogP contribution in [0.3, 0.4) is 0 Å². The first-order valence-corrected chi connectivity index (χ1v) is 5.81. The molecule has 1 fully saturated rings. The van der Waals surface area contributed by atoms with Crippen molar-refractivity contribution in [3.63, 3.8) is 0 Å². The Balaban J connectivity index is 1.98. The van der Waals surface area contributed by atoms with Gasteiger partial charge in [0.2, 0.25) is 0 Å². The average Bonchev–Trinajstić information content (AvgIpc) is 2.78. The molecular formula is C13H17N3. The standard InChI is InChI=1S/C13H17N3/c1-16(10-12-6-2-3-8-15-12)13-7-4-5-11(13)9-14/h2-3,6,8,11,13H,4-5,7,10H2,1H3. The molecule has 1 saturated carbocycles. The Morgan fingerprint density at radius 2 is 2.38 bits per heavy atom. The van der Waals surface area contributed by atoms with E-state index >= 15 is 0 Å². The molecule has 3 nitrogen and oxygen atoms in total. The lowest BCUT2D eigenvalue weighted by atomic mass is 10.0. The molecule has 3 heteroatoms. The molecule has 2 atom stereocenters. The first-order valence-electron chi connectivity index (χ1n) is 5.81. The van der Waals surface area contributed by atoms with Gasteiger partial charge in [-0.1, -0.05) is 12.5 Å². The number of nitrogens with zero attached hydrogens (tertiary/aromatic N) is 3. The average molecular weight is 215 g/mol. The molecule has 0 aliphatic heterocycles. The van der Waals surface area contributed by atoms with E-state index in [0.29, 0.717) is 6.04 Å². The minimum absolute atomic E-state index is 0.203. The number of aromatic nitrogens is 1. The van der Waals surface area contributed by atoms with Gasteiger partial charge in [-0.3, -0.25) is 9.88 Å². The van der Waals surface area contributed by atoms with Gasteiger partial charge in [0.1, 0.15) is 0 Å². The number of pyridine rings is 1. The zero-order valence-electron chi connectivity index (χ0n) is 9.63. The molecule has 0 bridgehead atoms. The maximum absolute atomic E-state index is 9.06. The molecule has 0 spiro atoms. The van der Waals surface area contributed by atoms with Crippen LogP contribution in [0.2, 0.25) is 0 Å². The van der Waals surface area contributed by atoms with Gasteiger partial charge in [0.25, 0.3) is 0 Å². The molecule has 0 saturated heterocycles. The normalized spacial score (nSPS) is 24.6. The van der Waals surface area contributed by atoms with Crippen LogP contribution in [-0.2, 0) is 6.54 Å².